The number of hydrogen-bond donors (Lipinski definition) is 1. The molecule has 1 aliphatic heterocycles. The Morgan fingerprint density at radius 3 is 2.52 bits per heavy atom. The molecule has 1 aliphatic rings. The van der Waals surface area contributed by atoms with Gasteiger partial charge in [0.15, 0.2) is 0 Å². The lowest BCUT2D eigenvalue weighted by Gasteiger charge is -2.34. The van der Waals surface area contributed by atoms with E-state index >= 15 is 0 Å². The Morgan fingerprint density at radius 1 is 1.22 bits per heavy atom. The molecular formula is C17H27ClN2O2S. The smallest absolute Gasteiger partial charge is 0.215 e. The lowest BCUT2D eigenvalue weighted by Crippen LogP contribution is -2.40. The van der Waals surface area contributed by atoms with Crippen LogP contribution < -0.4 is 4.72 Å². The minimum absolute atomic E-state index is 0.0650. The second kappa shape index (κ2) is 8.47. The minimum atomic E-state index is -3.33. The Balaban J connectivity index is 1.74. The number of halogens is 1. The van der Waals surface area contributed by atoms with Gasteiger partial charge in [0.25, 0.3) is 0 Å². The predicted octanol–water partition coefficient (Wildman–Crippen LogP) is 3.13. The van der Waals surface area contributed by atoms with Crippen LogP contribution >= 0.6 is 11.6 Å². The zero-order chi connectivity index (χ0) is 16.9. The van der Waals surface area contributed by atoms with Crippen LogP contribution in [0.25, 0.3) is 0 Å². The van der Waals surface area contributed by atoms with Crippen molar-refractivity contribution in [3.05, 3.63) is 34.9 Å². The molecule has 23 heavy (non-hydrogen) atoms. The third kappa shape index (κ3) is 6.42. The monoisotopic (exact) mass is 358 g/mol. The quantitative estimate of drug-likeness (QED) is 0.762. The first-order valence-corrected chi connectivity index (χ1v) is 10.3. The van der Waals surface area contributed by atoms with Crippen molar-refractivity contribution >= 4 is 21.6 Å². The fourth-order valence-corrected chi connectivity index (χ4v) is 4.88. The summed E-state index contributed by atoms with van der Waals surface area (Å²) in [4.78, 5) is 2.45. The highest BCUT2D eigenvalue weighted by atomic mass is 35.5. The molecule has 0 bridgehead atoms. The van der Waals surface area contributed by atoms with Crippen LogP contribution in [0, 0.1) is 11.8 Å². The minimum Gasteiger partial charge on any atom is -0.303 e. The number of nitrogens with zero attached hydrogens (tertiary/aromatic N) is 1. The zero-order valence-electron chi connectivity index (χ0n) is 14.0. The summed E-state index contributed by atoms with van der Waals surface area (Å²) in [5, 5.41) is 0.495. The molecule has 1 N–H and O–H groups in total. The Kier molecular flexibility index (Phi) is 6.89. The average molecular weight is 359 g/mol. The van der Waals surface area contributed by atoms with Gasteiger partial charge in [-0.3, -0.25) is 0 Å². The molecule has 1 fully saturated rings. The van der Waals surface area contributed by atoms with Crippen LogP contribution in [0.1, 0.15) is 32.3 Å². The molecule has 1 saturated heterocycles. The first-order chi connectivity index (χ1) is 10.9. The second-order valence-corrected chi connectivity index (χ2v) is 9.02. The van der Waals surface area contributed by atoms with Crippen molar-refractivity contribution < 1.29 is 8.42 Å². The topological polar surface area (TPSA) is 49.4 Å². The summed E-state index contributed by atoms with van der Waals surface area (Å²) in [6, 6.07) is 7.06. The molecule has 0 amide bonds. The Bertz CT molecular complexity index is 596. The van der Waals surface area contributed by atoms with E-state index in [-0.39, 0.29) is 5.75 Å². The molecule has 2 rings (SSSR count). The molecular weight excluding hydrogens is 332 g/mol. The second-order valence-electron chi connectivity index (χ2n) is 6.80. The van der Waals surface area contributed by atoms with Crippen LogP contribution in [-0.2, 0) is 15.8 Å². The maximum atomic E-state index is 12.1. The van der Waals surface area contributed by atoms with E-state index in [1.165, 1.54) is 6.42 Å². The Hall–Kier alpha value is -0.620. The fourth-order valence-electron chi connectivity index (χ4n) is 3.38. The summed E-state index contributed by atoms with van der Waals surface area (Å²) >= 11 is 6.02. The van der Waals surface area contributed by atoms with E-state index in [4.69, 9.17) is 11.6 Å². The summed E-state index contributed by atoms with van der Waals surface area (Å²) < 4.78 is 26.9. The van der Waals surface area contributed by atoms with Gasteiger partial charge in [0.05, 0.1) is 5.75 Å². The van der Waals surface area contributed by atoms with Crippen molar-refractivity contribution in [2.24, 2.45) is 11.8 Å². The van der Waals surface area contributed by atoms with Crippen LogP contribution in [0.3, 0.4) is 0 Å². The highest BCUT2D eigenvalue weighted by molar-refractivity contribution is 7.88. The number of likely N-dealkylation sites (tertiary alicyclic amines) is 1. The van der Waals surface area contributed by atoms with Crippen molar-refractivity contribution in [3.63, 3.8) is 0 Å². The van der Waals surface area contributed by atoms with Gasteiger partial charge in [0, 0.05) is 24.7 Å². The maximum absolute atomic E-state index is 12.1. The van der Waals surface area contributed by atoms with Crippen molar-refractivity contribution in [2.45, 2.75) is 32.4 Å². The molecule has 130 valence electrons. The van der Waals surface area contributed by atoms with Crippen LogP contribution in [0.4, 0.5) is 0 Å². The molecule has 0 aromatic heterocycles. The molecule has 1 heterocycles. The number of sulfonamides is 1. The summed E-state index contributed by atoms with van der Waals surface area (Å²) in [6.45, 7) is 8.24. The van der Waals surface area contributed by atoms with Gasteiger partial charge in [-0.15, -0.1) is 0 Å². The molecule has 0 spiro atoms. The molecule has 4 nitrogen and oxygen atoms in total. The van der Waals surface area contributed by atoms with Gasteiger partial charge < -0.3 is 4.90 Å². The summed E-state index contributed by atoms with van der Waals surface area (Å²) in [7, 11) is -3.33. The Morgan fingerprint density at radius 2 is 1.87 bits per heavy atom. The highest BCUT2D eigenvalue weighted by Gasteiger charge is 2.21. The maximum Gasteiger partial charge on any atom is 0.215 e. The normalized spacial score (nSPS) is 23.1. The summed E-state index contributed by atoms with van der Waals surface area (Å²) in [6.07, 6.45) is 2.13. The van der Waals surface area contributed by atoms with Crippen LogP contribution in [-0.4, -0.2) is 39.5 Å². The zero-order valence-corrected chi connectivity index (χ0v) is 15.5. The lowest BCUT2D eigenvalue weighted by atomic mass is 9.92. The lowest BCUT2D eigenvalue weighted by molar-refractivity contribution is 0.140. The number of piperidine rings is 1. The first-order valence-electron chi connectivity index (χ1n) is 8.29. The van der Waals surface area contributed by atoms with Crippen molar-refractivity contribution in [3.8, 4) is 0 Å². The largest absolute Gasteiger partial charge is 0.303 e. The third-order valence-corrected chi connectivity index (χ3v) is 5.92. The number of hydrogen-bond acceptors (Lipinski definition) is 3. The van der Waals surface area contributed by atoms with E-state index in [2.05, 4.69) is 23.5 Å². The van der Waals surface area contributed by atoms with Gasteiger partial charge in [-0.25, -0.2) is 13.1 Å². The molecule has 2 atom stereocenters. The van der Waals surface area contributed by atoms with E-state index in [1.807, 2.05) is 0 Å². The molecule has 0 saturated carbocycles. The van der Waals surface area contributed by atoms with E-state index in [0.717, 1.165) is 37.9 Å². The standard InChI is InChI=1S/C17H27ClN2O2S/c1-14-10-15(2)12-20(11-14)9-5-8-19-23(21,22)13-16-6-3-4-7-17(16)18/h3-4,6-7,14-15,19H,5,8-13H2,1-2H3. The van der Waals surface area contributed by atoms with Crippen LogP contribution in [0.5, 0.6) is 0 Å². The van der Waals surface area contributed by atoms with Gasteiger partial charge in [-0.1, -0.05) is 43.6 Å². The van der Waals surface area contributed by atoms with Gasteiger partial charge >= 0.3 is 0 Å². The Labute approximate surface area is 145 Å². The van der Waals surface area contributed by atoms with Gasteiger partial charge in [0.2, 0.25) is 10.0 Å². The molecule has 2 unspecified atom stereocenters. The molecule has 1 aromatic carbocycles. The van der Waals surface area contributed by atoms with Gasteiger partial charge in [0.1, 0.15) is 0 Å². The number of rotatable bonds is 7. The molecule has 1 aromatic rings. The average Bonchev–Trinajstić information content (AvgIpc) is 2.45. The van der Waals surface area contributed by atoms with Crippen molar-refractivity contribution in [2.75, 3.05) is 26.2 Å². The third-order valence-electron chi connectivity index (χ3n) is 4.22. The van der Waals surface area contributed by atoms with E-state index in [9.17, 15) is 8.42 Å². The van der Waals surface area contributed by atoms with Crippen molar-refractivity contribution in [1.82, 2.24) is 9.62 Å². The van der Waals surface area contributed by atoms with E-state index in [0.29, 0.717) is 17.1 Å². The van der Waals surface area contributed by atoms with Crippen molar-refractivity contribution in [1.29, 1.82) is 0 Å². The van der Waals surface area contributed by atoms with Gasteiger partial charge in [-0.2, -0.15) is 0 Å². The van der Waals surface area contributed by atoms with E-state index in [1.54, 1.807) is 24.3 Å². The number of benzene rings is 1. The predicted molar refractivity (Wildman–Crippen MR) is 96.1 cm³/mol. The molecule has 0 aliphatic carbocycles. The molecule has 6 heteroatoms. The van der Waals surface area contributed by atoms with E-state index < -0.39 is 10.0 Å². The fraction of sp³-hybridized carbons (Fsp3) is 0.647. The summed E-state index contributed by atoms with van der Waals surface area (Å²) in [5.74, 6) is 1.40. The number of nitrogens with one attached hydrogen (secondary N) is 1. The highest BCUT2D eigenvalue weighted by Crippen LogP contribution is 2.21. The first kappa shape index (κ1) is 18.7. The van der Waals surface area contributed by atoms with Crippen LogP contribution in [0.2, 0.25) is 5.02 Å². The summed E-state index contributed by atoms with van der Waals surface area (Å²) in [5.41, 5.74) is 0.639. The van der Waals surface area contributed by atoms with Gasteiger partial charge in [-0.05, 0) is 42.9 Å². The SMILES string of the molecule is CC1CC(C)CN(CCCNS(=O)(=O)Cc2ccccc2Cl)C1. The van der Waals surface area contributed by atoms with Crippen LogP contribution in [0.15, 0.2) is 24.3 Å². The molecule has 0 radical (unpaired) electrons.